The Kier molecular flexibility index (Phi) is 3.01. The van der Waals surface area contributed by atoms with Crippen molar-refractivity contribution in [2.24, 2.45) is 0 Å². The minimum absolute atomic E-state index is 0.0255. The monoisotopic (exact) mass is 237 g/mol. The van der Waals surface area contributed by atoms with Crippen LogP contribution in [0, 0.1) is 0 Å². The number of aliphatic hydroxyl groups is 6. The molecule has 1 rings (SSSR count). The smallest absolute Gasteiger partial charge is 0.306 e. The van der Waals surface area contributed by atoms with Crippen LogP contribution in [-0.4, -0.2) is 59.9 Å². The van der Waals surface area contributed by atoms with Crippen LogP contribution < -0.4 is 5.32 Å². The molecule has 0 aromatic carbocycles. The summed E-state index contributed by atoms with van der Waals surface area (Å²) >= 11 is 0. The summed E-state index contributed by atoms with van der Waals surface area (Å²) in [4.78, 5) is 11.2. The number of piperidine rings is 1. The molecule has 94 valence electrons. The van der Waals surface area contributed by atoms with E-state index in [1.807, 2.05) is 5.32 Å². The molecule has 7 N–H and O–H groups in total. The molecule has 0 aromatic heterocycles. The number of carbonyl (C=O) groups excluding carboxylic acids is 1. The van der Waals surface area contributed by atoms with Gasteiger partial charge in [0.25, 0.3) is 11.7 Å². The first kappa shape index (κ1) is 13.3. The maximum absolute atomic E-state index is 11.2. The molecule has 0 aliphatic carbocycles. The molecule has 1 aliphatic heterocycles. The maximum Gasteiger partial charge on any atom is 0.306 e. The maximum atomic E-state index is 11.2. The van der Waals surface area contributed by atoms with Crippen molar-refractivity contribution in [2.75, 3.05) is 0 Å². The highest BCUT2D eigenvalue weighted by Gasteiger charge is 2.71. The van der Waals surface area contributed by atoms with Gasteiger partial charge in [0.05, 0.1) is 6.04 Å². The third-order valence-electron chi connectivity index (χ3n) is 2.68. The SMILES string of the molecule is CCCC1NC(=O)C(O)(O)C(O)(O)C1(O)O. The number of rotatable bonds is 2. The second kappa shape index (κ2) is 3.62. The zero-order chi connectivity index (χ0) is 12.8. The highest BCUT2D eigenvalue weighted by Crippen LogP contribution is 2.35. The Balaban J connectivity index is 3.15. The normalized spacial score (nSPS) is 30.9. The van der Waals surface area contributed by atoms with Gasteiger partial charge >= 0.3 is 5.79 Å². The van der Waals surface area contributed by atoms with Crippen molar-refractivity contribution in [1.29, 1.82) is 0 Å². The lowest BCUT2D eigenvalue weighted by molar-refractivity contribution is -0.452. The van der Waals surface area contributed by atoms with E-state index >= 15 is 0 Å². The van der Waals surface area contributed by atoms with E-state index in [0.717, 1.165) is 0 Å². The van der Waals surface area contributed by atoms with Crippen LogP contribution in [0.25, 0.3) is 0 Å². The molecule has 8 heteroatoms. The Morgan fingerprint density at radius 2 is 1.69 bits per heavy atom. The molecule has 1 saturated heterocycles. The van der Waals surface area contributed by atoms with Crippen LogP contribution in [0.5, 0.6) is 0 Å². The average Bonchev–Trinajstić information content (AvgIpc) is 2.14. The molecule has 1 fully saturated rings. The van der Waals surface area contributed by atoms with Gasteiger partial charge < -0.3 is 36.0 Å². The van der Waals surface area contributed by atoms with Crippen LogP contribution in [0.1, 0.15) is 19.8 Å². The van der Waals surface area contributed by atoms with Gasteiger partial charge in [0.15, 0.2) is 0 Å². The van der Waals surface area contributed by atoms with Gasteiger partial charge in [0.1, 0.15) is 0 Å². The Hall–Kier alpha value is -0.770. The number of hydrogen-bond acceptors (Lipinski definition) is 7. The zero-order valence-corrected chi connectivity index (χ0v) is 8.58. The van der Waals surface area contributed by atoms with Crippen molar-refractivity contribution in [1.82, 2.24) is 5.32 Å². The van der Waals surface area contributed by atoms with Gasteiger partial charge in [-0.25, -0.2) is 0 Å². The molecule has 1 amide bonds. The van der Waals surface area contributed by atoms with E-state index in [9.17, 15) is 25.2 Å². The quantitative estimate of drug-likeness (QED) is 0.244. The summed E-state index contributed by atoms with van der Waals surface area (Å²) in [5.41, 5.74) is 0. The molecule has 0 saturated carbocycles. The van der Waals surface area contributed by atoms with Gasteiger partial charge in [0.2, 0.25) is 5.79 Å². The standard InChI is InChI=1S/C8H15NO7/c1-2-3-4-6(11,12)8(15,16)7(13,14)5(10)9-4/h4,11-16H,2-3H2,1H3,(H,9,10). The summed E-state index contributed by atoms with van der Waals surface area (Å²) in [7, 11) is 0. The van der Waals surface area contributed by atoms with Crippen molar-refractivity contribution < 1.29 is 35.4 Å². The molecule has 16 heavy (non-hydrogen) atoms. The van der Waals surface area contributed by atoms with Gasteiger partial charge in [-0.15, -0.1) is 0 Å². The highest BCUT2D eigenvalue weighted by atomic mass is 16.7. The average molecular weight is 237 g/mol. The fourth-order valence-corrected chi connectivity index (χ4v) is 1.58. The van der Waals surface area contributed by atoms with Crippen molar-refractivity contribution in [2.45, 2.75) is 43.2 Å². The molecule has 0 bridgehead atoms. The van der Waals surface area contributed by atoms with Crippen LogP contribution in [0.4, 0.5) is 0 Å². The number of nitrogens with one attached hydrogen (secondary N) is 1. The molecule has 1 heterocycles. The summed E-state index contributed by atoms with van der Waals surface area (Å²) in [6, 6.07) is -1.41. The molecular weight excluding hydrogens is 222 g/mol. The van der Waals surface area contributed by atoms with Crippen LogP contribution in [0.15, 0.2) is 0 Å². The highest BCUT2D eigenvalue weighted by molar-refractivity contribution is 5.86. The van der Waals surface area contributed by atoms with E-state index in [1.165, 1.54) is 0 Å². The molecule has 1 unspecified atom stereocenters. The number of amides is 1. The van der Waals surface area contributed by atoms with E-state index in [2.05, 4.69) is 0 Å². The molecule has 0 radical (unpaired) electrons. The Morgan fingerprint density at radius 3 is 2.12 bits per heavy atom. The fraction of sp³-hybridized carbons (Fsp3) is 0.875. The van der Waals surface area contributed by atoms with Gasteiger partial charge in [-0.1, -0.05) is 13.3 Å². The first-order chi connectivity index (χ1) is 7.09. The fourth-order valence-electron chi connectivity index (χ4n) is 1.58. The van der Waals surface area contributed by atoms with Crippen LogP contribution in [0.2, 0.25) is 0 Å². The first-order valence-corrected chi connectivity index (χ1v) is 4.74. The van der Waals surface area contributed by atoms with E-state index < -0.39 is 29.3 Å². The largest absolute Gasteiger partial charge is 0.360 e. The summed E-state index contributed by atoms with van der Waals surface area (Å²) in [5.74, 6) is -12.2. The molecule has 8 nitrogen and oxygen atoms in total. The van der Waals surface area contributed by atoms with Gasteiger partial charge in [-0.05, 0) is 6.42 Å². The first-order valence-electron chi connectivity index (χ1n) is 4.74. The zero-order valence-electron chi connectivity index (χ0n) is 8.58. The van der Waals surface area contributed by atoms with E-state index in [4.69, 9.17) is 10.2 Å². The second-order valence-electron chi connectivity index (χ2n) is 3.89. The Labute approximate surface area is 90.8 Å². The molecule has 0 aromatic rings. The van der Waals surface area contributed by atoms with Crippen molar-refractivity contribution >= 4 is 5.91 Å². The third kappa shape index (κ3) is 1.51. The molecular formula is C8H15NO7. The molecule has 1 aliphatic rings. The van der Waals surface area contributed by atoms with E-state index in [-0.39, 0.29) is 6.42 Å². The minimum Gasteiger partial charge on any atom is -0.360 e. The number of carbonyl (C=O) groups is 1. The Bertz CT molecular complexity index is 299. The summed E-state index contributed by atoms with van der Waals surface area (Å²) in [5, 5.41) is 57.6. The molecule has 0 spiro atoms. The van der Waals surface area contributed by atoms with Gasteiger partial charge in [-0.2, -0.15) is 0 Å². The van der Waals surface area contributed by atoms with Crippen molar-refractivity contribution in [3.8, 4) is 0 Å². The third-order valence-corrected chi connectivity index (χ3v) is 2.68. The lowest BCUT2D eigenvalue weighted by Gasteiger charge is -2.49. The number of hydrogen-bond donors (Lipinski definition) is 7. The Morgan fingerprint density at radius 1 is 1.19 bits per heavy atom. The van der Waals surface area contributed by atoms with Crippen molar-refractivity contribution in [3.05, 3.63) is 0 Å². The molecule has 1 atom stereocenters. The lowest BCUT2D eigenvalue weighted by Crippen LogP contribution is -2.82. The van der Waals surface area contributed by atoms with Crippen LogP contribution in [0.3, 0.4) is 0 Å². The van der Waals surface area contributed by atoms with Gasteiger partial charge in [0, 0.05) is 0 Å². The van der Waals surface area contributed by atoms with E-state index in [0.29, 0.717) is 6.42 Å². The summed E-state index contributed by atoms with van der Waals surface area (Å²) in [6.07, 6.45) is 0.436. The second-order valence-corrected chi connectivity index (χ2v) is 3.89. The van der Waals surface area contributed by atoms with Gasteiger partial charge in [-0.3, -0.25) is 4.79 Å². The lowest BCUT2D eigenvalue weighted by atomic mass is 9.83. The minimum atomic E-state index is -3.78. The van der Waals surface area contributed by atoms with Crippen molar-refractivity contribution in [3.63, 3.8) is 0 Å². The predicted molar refractivity (Wildman–Crippen MR) is 48.3 cm³/mol. The summed E-state index contributed by atoms with van der Waals surface area (Å²) in [6.45, 7) is 1.67. The van der Waals surface area contributed by atoms with Crippen LogP contribution in [-0.2, 0) is 4.79 Å². The predicted octanol–water partition coefficient (Wildman–Crippen LogP) is -3.67. The van der Waals surface area contributed by atoms with Crippen LogP contribution >= 0.6 is 0 Å². The summed E-state index contributed by atoms with van der Waals surface area (Å²) < 4.78 is 0. The topological polar surface area (TPSA) is 150 Å². The van der Waals surface area contributed by atoms with E-state index in [1.54, 1.807) is 6.92 Å².